The molecule has 3 heteroatoms. The molecule has 12 aromatic rings. The molecular formula is C64H39N3. The van der Waals surface area contributed by atoms with Crippen LogP contribution in [0.15, 0.2) is 237 Å². The van der Waals surface area contributed by atoms with Crippen LogP contribution in [-0.4, -0.2) is 15.0 Å². The second-order valence-corrected chi connectivity index (χ2v) is 17.8. The molecule has 2 aliphatic rings. The molecule has 3 nitrogen and oxygen atoms in total. The summed E-state index contributed by atoms with van der Waals surface area (Å²) >= 11 is 0. The average Bonchev–Trinajstić information content (AvgIpc) is 3.87. The van der Waals surface area contributed by atoms with Crippen molar-refractivity contribution in [2.24, 2.45) is 0 Å². The van der Waals surface area contributed by atoms with E-state index in [9.17, 15) is 0 Å². The van der Waals surface area contributed by atoms with Crippen LogP contribution in [0.4, 0.5) is 0 Å². The van der Waals surface area contributed by atoms with E-state index in [0.29, 0.717) is 17.5 Å². The highest BCUT2D eigenvalue weighted by molar-refractivity contribution is 6.20. The summed E-state index contributed by atoms with van der Waals surface area (Å²) < 4.78 is 0. The zero-order chi connectivity index (χ0) is 44.1. The molecule has 0 fully saturated rings. The molecule has 0 radical (unpaired) electrons. The van der Waals surface area contributed by atoms with Gasteiger partial charge in [0.15, 0.2) is 17.5 Å². The van der Waals surface area contributed by atoms with Gasteiger partial charge in [0.2, 0.25) is 0 Å². The quantitative estimate of drug-likeness (QED) is 0.128. The van der Waals surface area contributed by atoms with Gasteiger partial charge in [0.25, 0.3) is 0 Å². The minimum atomic E-state index is -0.425. The van der Waals surface area contributed by atoms with Gasteiger partial charge < -0.3 is 0 Å². The molecule has 14 rings (SSSR count). The fourth-order valence-corrected chi connectivity index (χ4v) is 11.5. The lowest BCUT2D eigenvalue weighted by atomic mass is 9.70. The monoisotopic (exact) mass is 849 g/mol. The molecule has 0 saturated heterocycles. The first-order chi connectivity index (χ1) is 33.2. The Bertz CT molecular complexity index is 3940. The minimum absolute atomic E-state index is 0.425. The van der Waals surface area contributed by atoms with Gasteiger partial charge >= 0.3 is 0 Å². The van der Waals surface area contributed by atoms with Gasteiger partial charge in [0, 0.05) is 16.7 Å². The third kappa shape index (κ3) is 5.55. The fourth-order valence-electron chi connectivity index (χ4n) is 11.5. The second-order valence-electron chi connectivity index (χ2n) is 17.8. The van der Waals surface area contributed by atoms with Crippen molar-refractivity contribution < 1.29 is 0 Å². The summed E-state index contributed by atoms with van der Waals surface area (Å²) in [5, 5.41) is 7.43. The van der Waals surface area contributed by atoms with Crippen molar-refractivity contribution in [1.82, 2.24) is 15.0 Å². The summed E-state index contributed by atoms with van der Waals surface area (Å²) in [7, 11) is 0. The highest BCUT2D eigenvalue weighted by atomic mass is 15.0. The van der Waals surface area contributed by atoms with Gasteiger partial charge in [-0.05, 0) is 111 Å². The highest BCUT2D eigenvalue weighted by Gasteiger charge is 2.51. The zero-order valence-corrected chi connectivity index (χ0v) is 36.4. The van der Waals surface area contributed by atoms with Gasteiger partial charge in [-0.1, -0.05) is 224 Å². The summed E-state index contributed by atoms with van der Waals surface area (Å²) in [6.07, 6.45) is 0. The van der Waals surface area contributed by atoms with Crippen molar-refractivity contribution in [2.75, 3.05) is 0 Å². The maximum atomic E-state index is 5.36. The van der Waals surface area contributed by atoms with Crippen molar-refractivity contribution in [3.05, 3.63) is 259 Å². The number of benzene rings is 11. The maximum absolute atomic E-state index is 5.36. The lowest BCUT2D eigenvalue weighted by Crippen LogP contribution is -2.25. The first-order valence-corrected chi connectivity index (χ1v) is 23.0. The SMILES string of the molecule is c1ccc(-c2ccccc2-c2nc(-c3ccc(-c4c5ccccc5cc5c4ccc4ccccc45)cc3)nc(-c3ccc4c(c3)-c3ccccc3C43c4ccccc4-c4ccccc43)n2)cc1. The molecule has 0 unspecified atom stereocenters. The van der Waals surface area contributed by atoms with E-state index in [4.69, 9.17) is 15.0 Å². The number of rotatable bonds is 5. The van der Waals surface area contributed by atoms with Crippen molar-refractivity contribution in [1.29, 1.82) is 0 Å². The first-order valence-electron chi connectivity index (χ1n) is 23.0. The van der Waals surface area contributed by atoms with Crippen LogP contribution in [-0.2, 0) is 5.41 Å². The summed E-state index contributed by atoms with van der Waals surface area (Å²) in [5.74, 6) is 1.89. The Morgan fingerprint density at radius 2 is 0.731 bits per heavy atom. The molecule has 1 spiro atoms. The average molecular weight is 850 g/mol. The Hall–Kier alpha value is -8.79. The highest BCUT2D eigenvalue weighted by Crippen LogP contribution is 2.63. The van der Waals surface area contributed by atoms with E-state index in [2.05, 4.69) is 237 Å². The smallest absolute Gasteiger partial charge is 0.164 e. The topological polar surface area (TPSA) is 38.7 Å². The lowest BCUT2D eigenvalue weighted by molar-refractivity contribution is 0.794. The number of aromatic nitrogens is 3. The van der Waals surface area contributed by atoms with Gasteiger partial charge in [-0.25, -0.2) is 15.0 Å². The fraction of sp³-hybridized carbons (Fsp3) is 0.0156. The van der Waals surface area contributed by atoms with Crippen molar-refractivity contribution in [3.63, 3.8) is 0 Å². The molecule has 0 aliphatic heterocycles. The van der Waals surface area contributed by atoms with Gasteiger partial charge in [-0.15, -0.1) is 0 Å². The van der Waals surface area contributed by atoms with E-state index in [-0.39, 0.29) is 0 Å². The number of nitrogens with zero attached hydrogens (tertiary/aromatic N) is 3. The van der Waals surface area contributed by atoms with E-state index in [1.165, 1.54) is 82.4 Å². The van der Waals surface area contributed by atoms with Crippen LogP contribution in [0, 0.1) is 0 Å². The molecule has 1 heterocycles. The van der Waals surface area contributed by atoms with E-state index in [0.717, 1.165) is 33.4 Å². The molecule has 0 amide bonds. The van der Waals surface area contributed by atoms with E-state index >= 15 is 0 Å². The number of fused-ring (bicyclic) bond motifs is 14. The second kappa shape index (κ2) is 14.6. The lowest BCUT2D eigenvalue weighted by Gasteiger charge is -2.30. The maximum Gasteiger partial charge on any atom is 0.164 e. The zero-order valence-electron chi connectivity index (χ0n) is 36.4. The van der Waals surface area contributed by atoms with Crippen LogP contribution in [0.3, 0.4) is 0 Å². The summed E-state index contributed by atoms with van der Waals surface area (Å²) in [6, 6.07) is 85.7. The largest absolute Gasteiger partial charge is 0.208 e. The third-order valence-corrected chi connectivity index (χ3v) is 14.3. The predicted octanol–water partition coefficient (Wildman–Crippen LogP) is 16.0. The Labute approximate surface area is 388 Å². The van der Waals surface area contributed by atoms with Crippen LogP contribution in [0.1, 0.15) is 22.3 Å². The van der Waals surface area contributed by atoms with E-state index in [1.807, 2.05) is 0 Å². The van der Waals surface area contributed by atoms with Crippen molar-refractivity contribution >= 4 is 32.3 Å². The van der Waals surface area contributed by atoms with Crippen LogP contribution >= 0.6 is 0 Å². The molecular weight excluding hydrogens is 811 g/mol. The van der Waals surface area contributed by atoms with Crippen LogP contribution in [0.5, 0.6) is 0 Å². The van der Waals surface area contributed by atoms with Crippen LogP contribution in [0.25, 0.3) is 111 Å². The van der Waals surface area contributed by atoms with Gasteiger partial charge in [-0.2, -0.15) is 0 Å². The molecule has 2 aliphatic carbocycles. The minimum Gasteiger partial charge on any atom is -0.208 e. The van der Waals surface area contributed by atoms with Gasteiger partial charge in [0.05, 0.1) is 5.41 Å². The van der Waals surface area contributed by atoms with Gasteiger partial charge in [-0.3, -0.25) is 0 Å². The molecule has 0 saturated carbocycles. The summed E-state index contributed by atoms with van der Waals surface area (Å²) in [5.41, 5.74) is 17.2. The van der Waals surface area contributed by atoms with Gasteiger partial charge in [0.1, 0.15) is 0 Å². The van der Waals surface area contributed by atoms with E-state index < -0.39 is 5.41 Å². The molecule has 0 N–H and O–H groups in total. The standard InChI is InChI=1S/C64H39N3/c1-2-16-40(17-3-1)46-20-8-9-26-53(46)63-66-61(43-32-30-42(31-33-43)60-48-22-7-5-19-44(48)38-54-47-21-6-4-18-41(47)34-36-52(54)60)65-62(67-63)45-35-37-59-55(39-45)51-25-12-15-29-58(51)64(59)56-27-13-10-23-49(56)50-24-11-14-28-57(50)64/h1-39H. The van der Waals surface area contributed by atoms with Crippen molar-refractivity contribution in [3.8, 4) is 78.7 Å². The molecule has 11 aromatic carbocycles. The Kier molecular flexibility index (Phi) is 8.20. The summed E-state index contributed by atoms with van der Waals surface area (Å²) in [4.78, 5) is 16.0. The molecule has 0 bridgehead atoms. The van der Waals surface area contributed by atoms with E-state index in [1.54, 1.807) is 0 Å². The predicted molar refractivity (Wildman–Crippen MR) is 276 cm³/mol. The summed E-state index contributed by atoms with van der Waals surface area (Å²) in [6.45, 7) is 0. The van der Waals surface area contributed by atoms with Crippen LogP contribution < -0.4 is 0 Å². The first kappa shape index (κ1) is 37.6. The molecule has 67 heavy (non-hydrogen) atoms. The Morgan fingerprint density at radius 1 is 0.239 bits per heavy atom. The van der Waals surface area contributed by atoms with Crippen molar-refractivity contribution in [2.45, 2.75) is 5.41 Å². The number of hydrogen-bond donors (Lipinski definition) is 0. The van der Waals surface area contributed by atoms with Crippen LogP contribution in [0.2, 0.25) is 0 Å². The normalized spacial score (nSPS) is 12.9. The number of hydrogen-bond acceptors (Lipinski definition) is 3. The molecule has 0 atom stereocenters. The Morgan fingerprint density at radius 3 is 1.43 bits per heavy atom. The Balaban J connectivity index is 0.959. The molecule has 310 valence electrons. The molecule has 1 aromatic heterocycles. The third-order valence-electron chi connectivity index (χ3n) is 14.3.